The minimum atomic E-state index is -3.57. The van der Waals surface area contributed by atoms with E-state index in [0.29, 0.717) is 0 Å². The summed E-state index contributed by atoms with van der Waals surface area (Å²) in [5, 5.41) is 0. The number of hydrogen-bond acceptors (Lipinski definition) is 2. The first-order valence-electron chi connectivity index (χ1n) is 8.10. The van der Waals surface area contributed by atoms with E-state index in [1.54, 1.807) is 0 Å². The third-order valence-corrected chi connectivity index (χ3v) is 9.81. The van der Waals surface area contributed by atoms with Gasteiger partial charge in [-0.2, -0.15) is 0 Å². The summed E-state index contributed by atoms with van der Waals surface area (Å²) in [6.07, 6.45) is 6.92. The summed E-state index contributed by atoms with van der Waals surface area (Å²) in [7, 11) is 17.1. The Labute approximate surface area is 157 Å². The Kier molecular flexibility index (Phi) is 16.0. The molecule has 1 fully saturated rings. The summed E-state index contributed by atoms with van der Waals surface area (Å²) in [5.41, 5.74) is 0.755. The molecule has 0 aliphatic carbocycles. The molecular weight excluding hydrogens is 540 g/mol. The second kappa shape index (κ2) is 15.3. The maximum atomic E-state index is 5.65. The number of benzene rings is 1. The molecule has 1 aromatic carbocycles. The van der Waals surface area contributed by atoms with E-state index in [0.717, 1.165) is 18.9 Å². The molecule has 0 bridgehead atoms. The Morgan fingerprint density at radius 2 is 1.43 bits per heavy atom. The first-order valence-corrected chi connectivity index (χ1v) is 23.6. The van der Waals surface area contributed by atoms with Crippen molar-refractivity contribution < 1.29 is 18.4 Å². The van der Waals surface area contributed by atoms with E-state index < -0.39 is 13.7 Å². The van der Waals surface area contributed by atoms with Crippen LogP contribution in [0.1, 0.15) is 33.6 Å². The first-order chi connectivity index (χ1) is 10.9. The number of halogens is 3. The average Bonchev–Trinajstić information content (AvgIpc) is 3.08. The standard InChI is InChI=1S/C6H5N.C6H15P.C4H8O.3ClH.Ta/c7-6-4-2-1-3-5-6;1-4-7(5-2)6-3;1-2-4-5-3-1;;;;/h1-5H;4-6H2,1-3H3;1-4H2;3*1H;/q;;;;;;+3/p-2. The summed E-state index contributed by atoms with van der Waals surface area (Å²) >= 11 is -3.57. The van der Waals surface area contributed by atoms with Crippen LogP contribution in [0.2, 0.25) is 0 Å². The third-order valence-electron chi connectivity index (χ3n) is 3.31. The van der Waals surface area contributed by atoms with Crippen molar-refractivity contribution in [1.29, 1.82) is 0 Å². The van der Waals surface area contributed by atoms with Gasteiger partial charge in [-0.15, -0.1) is 0 Å². The Bertz CT molecular complexity index is 413. The third kappa shape index (κ3) is 16.2. The van der Waals surface area contributed by atoms with Crippen molar-refractivity contribution in [3.63, 3.8) is 0 Å². The van der Waals surface area contributed by atoms with Gasteiger partial charge in [-0.05, 0) is 41.5 Å². The molecule has 2 rings (SSSR count). The molecule has 1 saturated heterocycles. The summed E-state index contributed by atoms with van der Waals surface area (Å²) in [6, 6.07) is 9.26. The van der Waals surface area contributed by atoms with Crippen LogP contribution in [0, 0.1) is 0 Å². The zero-order chi connectivity index (χ0) is 17.6. The second-order valence-corrected chi connectivity index (χ2v) is 28.6. The van der Waals surface area contributed by atoms with E-state index in [4.69, 9.17) is 32.3 Å². The van der Waals surface area contributed by atoms with E-state index in [1.807, 2.05) is 30.3 Å². The zero-order valence-corrected chi connectivity index (χ0v) is 20.8. The molecule has 1 aromatic rings. The van der Waals surface area contributed by atoms with Crippen LogP contribution in [0.4, 0.5) is 5.69 Å². The quantitative estimate of drug-likeness (QED) is 0.352. The first kappa shape index (κ1) is 24.0. The summed E-state index contributed by atoms with van der Waals surface area (Å²) < 4.78 is 8.95. The SMILES string of the molecule is C1CCOC1.CC[PH+](CC)CC.[Cl][Ta]([Cl])([Cl])=[N]c1ccccc1. The predicted octanol–water partition coefficient (Wildman–Crippen LogP) is 7.17. The van der Waals surface area contributed by atoms with Gasteiger partial charge in [-0.25, -0.2) is 0 Å². The van der Waals surface area contributed by atoms with E-state index in [-0.39, 0.29) is 7.92 Å². The Balaban J connectivity index is 0.000000345. The molecule has 1 heterocycles. The van der Waals surface area contributed by atoms with Crippen molar-refractivity contribution in [2.75, 3.05) is 31.7 Å². The van der Waals surface area contributed by atoms with Crippen LogP contribution in [-0.2, 0) is 18.4 Å². The molecule has 0 radical (unpaired) electrons. The fourth-order valence-electron chi connectivity index (χ4n) is 1.89. The summed E-state index contributed by atoms with van der Waals surface area (Å²) in [4.78, 5) is 0. The molecule has 23 heavy (non-hydrogen) atoms. The molecule has 0 saturated carbocycles. The van der Waals surface area contributed by atoms with Crippen LogP contribution in [0.15, 0.2) is 33.7 Å². The van der Waals surface area contributed by atoms with Crippen molar-refractivity contribution >= 4 is 41.2 Å². The molecule has 1 aliphatic heterocycles. The van der Waals surface area contributed by atoms with Crippen LogP contribution in [0.5, 0.6) is 0 Å². The van der Waals surface area contributed by atoms with Gasteiger partial charge in [0.15, 0.2) is 0 Å². The number of rotatable bonds is 4. The topological polar surface area (TPSA) is 21.6 Å². The van der Waals surface area contributed by atoms with Crippen LogP contribution in [0.3, 0.4) is 0 Å². The van der Waals surface area contributed by atoms with E-state index in [9.17, 15) is 0 Å². The molecule has 7 heteroatoms. The summed E-state index contributed by atoms with van der Waals surface area (Å²) in [6.45, 7) is 8.92. The van der Waals surface area contributed by atoms with Crippen LogP contribution in [-0.4, -0.2) is 31.7 Å². The number of nitrogens with zero attached hydrogens (tertiary/aromatic N) is 1. The molecule has 0 atom stereocenters. The Morgan fingerprint density at radius 1 is 0.957 bits per heavy atom. The predicted molar refractivity (Wildman–Crippen MR) is 106 cm³/mol. The fraction of sp³-hybridized carbons (Fsp3) is 0.625. The van der Waals surface area contributed by atoms with E-state index >= 15 is 0 Å². The van der Waals surface area contributed by atoms with Gasteiger partial charge in [0.1, 0.15) is 0 Å². The maximum absolute atomic E-state index is 5.65. The molecule has 1 aliphatic rings. The van der Waals surface area contributed by atoms with Crippen LogP contribution in [0.25, 0.3) is 0 Å². The minimum absolute atomic E-state index is 0.137. The Morgan fingerprint density at radius 3 is 1.70 bits per heavy atom. The molecule has 0 unspecified atom stereocenters. The van der Waals surface area contributed by atoms with Crippen LogP contribution < -0.4 is 0 Å². The van der Waals surface area contributed by atoms with Gasteiger partial charge in [0.2, 0.25) is 0 Å². The number of hydrogen-bond donors (Lipinski definition) is 0. The average molecular weight is 570 g/mol. The number of ether oxygens (including phenoxy) is 1. The fourth-order valence-corrected chi connectivity index (χ4v) is 6.95. The molecule has 0 amide bonds. The van der Waals surface area contributed by atoms with E-state index in [1.165, 1.54) is 31.3 Å². The van der Waals surface area contributed by atoms with Gasteiger partial charge in [0.05, 0.1) is 18.5 Å². The van der Waals surface area contributed by atoms with Crippen molar-refractivity contribution in [1.82, 2.24) is 0 Å². The molecule has 0 spiro atoms. The van der Waals surface area contributed by atoms with Crippen molar-refractivity contribution in [2.45, 2.75) is 33.6 Å². The van der Waals surface area contributed by atoms with Gasteiger partial charge < -0.3 is 4.74 Å². The van der Waals surface area contributed by atoms with Gasteiger partial charge in [0, 0.05) is 13.2 Å². The van der Waals surface area contributed by atoms with Crippen molar-refractivity contribution in [3.8, 4) is 0 Å². The van der Waals surface area contributed by atoms with Gasteiger partial charge in [-0.3, -0.25) is 0 Å². The molecule has 0 N–H and O–H groups in total. The Hall–Kier alpha value is 1.02. The molecular formula is C16H29Cl3NOPTa+. The molecule has 134 valence electrons. The van der Waals surface area contributed by atoms with E-state index in [2.05, 4.69) is 24.1 Å². The van der Waals surface area contributed by atoms with Gasteiger partial charge >= 0.3 is 80.6 Å². The monoisotopic (exact) mass is 568 g/mol. The second-order valence-electron chi connectivity index (χ2n) is 4.98. The van der Waals surface area contributed by atoms with Gasteiger partial charge in [-0.1, -0.05) is 0 Å². The zero-order valence-electron chi connectivity index (χ0n) is 14.3. The summed E-state index contributed by atoms with van der Waals surface area (Å²) in [5.74, 6) is 0. The molecule has 0 aromatic heterocycles. The van der Waals surface area contributed by atoms with Crippen LogP contribution >= 0.6 is 35.5 Å². The molecule has 2 nitrogen and oxygen atoms in total. The normalized spacial score (nSPS) is 13.7. The van der Waals surface area contributed by atoms with Crippen molar-refractivity contribution in [2.24, 2.45) is 3.34 Å². The van der Waals surface area contributed by atoms with Gasteiger partial charge in [0.25, 0.3) is 0 Å². The van der Waals surface area contributed by atoms with Crippen molar-refractivity contribution in [3.05, 3.63) is 30.3 Å².